The molecule has 0 aromatic heterocycles. The number of amides is 3. The number of para-hydroxylation sites is 1. The molecule has 8 atom stereocenters. The molecule has 0 unspecified atom stereocenters. The molecule has 1 spiro atoms. The molecule has 0 aliphatic carbocycles. The number of ether oxygens (including phenoxy) is 2. The summed E-state index contributed by atoms with van der Waals surface area (Å²) < 4.78 is 13.2. The van der Waals surface area contributed by atoms with Crippen LogP contribution < -0.4 is 10.2 Å². The highest BCUT2D eigenvalue weighted by Gasteiger charge is 2.75. The van der Waals surface area contributed by atoms with Crippen molar-refractivity contribution in [1.82, 2.24) is 10.2 Å². The molecule has 4 aliphatic heterocycles. The van der Waals surface area contributed by atoms with Crippen LogP contribution in [0.1, 0.15) is 38.4 Å². The molecule has 2 N–H and O–H groups in total. The predicted molar refractivity (Wildman–Crippen MR) is 174 cm³/mol. The number of carbonyl (C=O) groups is 4. The van der Waals surface area contributed by atoms with Gasteiger partial charge in [-0.2, -0.15) is 0 Å². The second-order valence-electron chi connectivity index (χ2n) is 12.1. The van der Waals surface area contributed by atoms with Crippen molar-refractivity contribution in [2.24, 2.45) is 11.8 Å². The van der Waals surface area contributed by atoms with Crippen molar-refractivity contribution in [3.8, 4) is 0 Å². The lowest BCUT2D eigenvalue weighted by Crippen LogP contribution is -2.58. The molecule has 46 heavy (non-hydrogen) atoms. The molecule has 0 radical (unpaired) electrons. The molecule has 10 nitrogen and oxygen atoms in total. The number of halogens is 2. The van der Waals surface area contributed by atoms with Gasteiger partial charge in [0.25, 0.3) is 5.91 Å². The Morgan fingerprint density at radius 3 is 2.48 bits per heavy atom. The summed E-state index contributed by atoms with van der Waals surface area (Å²) in [6, 6.07) is 13.4. The van der Waals surface area contributed by atoms with Gasteiger partial charge in [-0.05, 0) is 44.0 Å². The van der Waals surface area contributed by atoms with E-state index in [2.05, 4.69) is 21.2 Å². The van der Waals surface area contributed by atoms with Crippen LogP contribution in [0.4, 0.5) is 5.69 Å². The zero-order chi connectivity index (χ0) is 32.7. The highest BCUT2D eigenvalue weighted by molar-refractivity contribution is 9.11. The van der Waals surface area contributed by atoms with Gasteiger partial charge < -0.3 is 29.7 Å². The number of rotatable bonds is 4. The number of aliphatic hydroxyl groups is 1. The molecule has 5 bridgehead atoms. The van der Waals surface area contributed by atoms with Crippen LogP contribution >= 0.6 is 27.5 Å². The standard InChI is InChI=1S/C34H35BrClN3O7/c1-19(18-40)39-30-32(43)38(24-14-9-8-13-23(24)36)16-10-4-7-15-25(41)37-20(2)28(21-11-5-3-6-12-21)45-33(44)26-27(31(39)42)34(30)17-22(35)29(26)46-34/h3-6,8-14,17,19-20,26-30,40H,7,15-16,18H2,1-2H3,(H,37,41)/b10-4-/t19-,20-,26+,27-,28+,29+,30+,34-/m1/s1. The Kier molecular flexibility index (Phi) is 9.13. The van der Waals surface area contributed by atoms with Gasteiger partial charge in [-0.3, -0.25) is 19.2 Å². The number of hydrogen-bond acceptors (Lipinski definition) is 7. The number of aliphatic hydroxyl groups excluding tert-OH is 1. The topological polar surface area (TPSA) is 125 Å². The first-order chi connectivity index (χ1) is 22.1. The van der Waals surface area contributed by atoms with E-state index in [1.165, 1.54) is 9.80 Å². The normalized spacial score (nSPS) is 32.9. The third-order valence-electron chi connectivity index (χ3n) is 9.22. The zero-order valence-electron chi connectivity index (χ0n) is 25.3. The fraction of sp³-hybridized carbons (Fsp3) is 0.412. The minimum Gasteiger partial charge on any atom is -0.455 e. The number of anilines is 1. The average molecular weight is 713 g/mol. The monoisotopic (exact) mass is 711 g/mol. The second-order valence-corrected chi connectivity index (χ2v) is 13.5. The van der Waals surface area contributed by atoms with E-state index in [0.29, 0.717) is 27.2 Å². The van der Waals surface area contributed by atoms with Crippen molar-refractivity contribution < 1.29 is 33.8 Å². The number of cyclic esters (lactones) is 1. The Bertz CT molecular complexity index is 1600. The summed E-state index contributed by atoms with van der Waals surface area (Å²) in [5, 5.41) is 13.5. The van der Waals surface area contributed by atoms with Crippen LogP contribution in [-0.4, -0.2) is 76.7 Å². The minimum atomic E-state index is -1.52. The van der Waals surface area contributed by atoms with Crippen LogP contribution in [0, 0.1) is 11.8 Å². The van der Waals surface area contributed by atoms with Crippen LogP contribution in [0.25, 0.3) is 0 Å². The van der Waals surface area contributed by atoms with E-state index >= 15 is 0 Å². The number of nitrogens with zero attached hydrogens (tertiary/aromatic N) is 2. The SMILES string of the molecule is C[C@H](CO)N1C(=O)[C@H]2[C@@H]3C(=O)O[C@H](c4ccccc4)[C@@H](C)NC(=O)CC/C=C\CN(c4ccccc4Cl)C(=O)[C@H]1[C@@]21C=C(Br)[C@@H]3O1. The Morgan fingerprint density at radius 1 is 1.04 bits per heavy atom. The Balaban J connectivity index is 1.49. The number of hydrogen-bond donors (Lipinski definition) is 2. The number of esters is 1. The van der Waals surface area contributed by atoms with Crippen LogP contribution in [0.2, 0.25) is 5.02 Å². The number of nitrogens with one attached hydrogen (secondary N) is 1. The maximum atomic E-state index is 14.8. The highest BCUT2D eigenvalue weighted by atomic mass is 79.9. The fourth-order valence-electron chi connectivity index (χ4n) is 7.11. The fourth-order valence-corrected chi connectivity index (χ4v) is 8.09. The number of likely N-dealkylation sites (tertiary alicyclic amines) is 1. The van der Waals surface area contributed by atoms with Crippen molar-refractivity contribution in [2.45, 2.75) is 62.6 Å². The quantitative estimate of drug-likeness (QED) is 0.362. The number of allylic oxidation sites excluding steroid dienone is 1. The molecule has 0 saturated carbocycles. The number of benzene rings is 2. The lowest BCUT2D eigenvalue weighted by Gasteiger charge is -2.38. The summed E-state index contributed by atoms with van der Waals surface area (Å²) in [5.41, 5.74) is -0.430. The summed E-state index contributed by atoms with van der Waals surface area (Å²) in [5.74, 6) is -4.10. The smallest absolute Gasteiger partial charge is 0.313 e. The van der Waals surface area contributed by atoms with Crippen LogP contribution in [0.5, 0.6) is 0 Å². The molecule has 4 aliphatic rings. The second kappa shape index (κ2) is 12.9. The lowest BCUT2D eigenvalue weighted by molar-refractivity contribution is -0.161. The molecule has 12 heteroatoms. The van der Waals surface area contributed by atoms with E-state index in [9.17, 15) is 24.3 Å². The largest absolute Gasteiger partial charge is 0.455 e. The summed E-state index contributed by atoms with van der Waals surface area (Å²) >= 11 is 10.2. The third kappa shape index (κ3) is 5.46. The maximum Gasteiger partial charge on any atom is 0.313 e. The molecule has 2 saturated heterocycles. The van der Waals surface area contributed by atoms with Gasteiger partial charge in [0.2, 0.25) is 11.8 Å². The summed E-state index contributed by atoms with van der Waals surface area (Å²) in [6.45, 7) is 3.09. The van der Waals surface area contributed by atoms with Gasteiger partial charge in [-0.25, -0.2) is 0 Å². The molecule has 4 heterocycles. The van der Waals surface area contributed by atoms with E-state index < -0.39 is 72.2 Å². The van der Waals surface area contributed by atoms with E-state index in [-0.39, 0.29) is 18.9 Å². The van der Waals surface area contributed by atoms with E-state index in [1.54, 1.807) is 50.3 Å². The Hall–Kier alpha value is -3.51. The Morgan fingerprint density at radius 2 is 1.76 bits per heavy atom. The van der Waals surface area contributed by atoms with Crippen molar-refractivity contribution >= 4 is 56.9 Å². The van der Waals surface area contributed by atoms with Crippen LogP contribution in [-0.2, 0) is 28.7 Å². The molecule has 6 rings (SSSR count). The third-order valence-corrected chi connectivity index (χ3v) is 10.2. The molecule has 242 valence electrons. The van der Waals surface area contributed by atoms with Gasteiger partial charge >= 0.3 is 5.97 Å². The van der Waals surface area contributed by atoms with Crippen molar-refractivity contribution in [1.29, 1.82) is 0 Å². The van der Waals surface area contributed by atoms with E-state index in [1.807, 2.05) is 36.4 Å². The van der Waals surface area contributed by atoms with Gasteiger partial charge in [0.05, 0.1) is 35.3 Å². The maximum absolute atomic E-state index is 14.8. The molecule has 3 amide bonds. The molecule has 2 fully saturated rings. The predicted octanol–water partition coefficient (Wildman–Crippen LogP) is 4.07. The van der Waals surface area contributed by atoms with Crippen molar-refractivity contribution in [3.63, 3.8) is 0 Å². The Labute approximate surface area is 280 Å². The minimum absolute atomic E-state index is 0.0865. The first-order valence-electron chi connectivity index (χ1n) is 15.3. The highest BCUT2D eigenvalue weighted by Crippen LogP contribution is 2.59. The average Bonchev–Trinajstić information content (AvgIpc) is 3.64. The summed E-state index contributed by atoms with van der Waals surface area (Å²) in [7, 11) is 0. The first-order valence-corrected chi connectivity index (χ1v) is 16.5. The van der Waals surface area contributed by atoms with Gasteiger partial charge in [0.1, 0.15) is 29.8 Å². The van der Waals surface area contributed by atoms with Gasteiger partial charge in [-0.15, -0.1) is 0 Å². The van der Waals surface area contributed by atoms with Crippen LogP contribution in [0.15, 0.2) is 77.3 Å². The van der Waals surface area contributed by atoms with Gasteiger partial charge in [0.15, 0.2) is 0 Å². The number of carbonyl (C=O) groups excluding carboxylic acids is 4. The van der Waals surface area contributed by atoms with E-state index in [4.69, 9.17) is 21.1 Å². The molecule has 2 aromatic carbocycles. The molecule has 2 aromatic rings. The number of fused-ring (bicyclic) bond motifs is 2. The lowest BCUT2D eigenvalue weighted by atomic mass is 9.74. The van der Waals surface area contributed by atoms with Crippen molar-refractivity contribution in [3.05, 3.63) is 87.9 Å². The summed E-state index contributed by atoms with van der Waals surface area (Å²) in [4.78, 5) is 59.3. The van der Waals surface area contributed by atoms with Gasteiger partial charge in [-0.1, -0.05) is 82.1 Å². The van der Waals surface area contributed by atoms with Crippen molar-refractivity contribution in [2.75, 3.05) is 18.1 Å². The first kappa shape index (κ1) is 32.4. The molecular formula is C34H35BrClN3O7. The van der Waals surface area contributed by atoms with E-state index in [0.717, 1.165) is 0 Å². The zero-order valence-corrected chi connectivity index (χ0v) is 27.7. The summed E-state index contributed by atoms with van der Waals surface area (Å²) in [6.07, 6.45) is 4.13. The van der Waals surface area contributed by atoms with Gasteiger partial charge in [0, 0.05) is 17.4 Å². The molecular weight excluding hydrogens is 678 g/mol. The van der Waals surface area contributed by atoms with Crippen LogP contribution in [0.3, 0.4) is 0 Å².